The molecule has 182 valence electrons. The highest BCUT2D eigenvalue weighted by Crippen LogP contribution is 2.71. The monoisotopic (exact) mass is 466 g/mol. The molecule has 0 amide bonds. The van der Waals surface area contributed by atoms with Crippen molar-refractivity contribution in [3.05, 3.63) is 23.8 Å². The van der Waals surface area contributed by atoms with Gasteiger partial charge < -0.3 is 14.9 Å². The normalized spacial score (nSPS) is 48.4. The number of rotatable bonds is 4. The fourth-order valence-corrected chi connectivity index (χ4v) is 7.59. The molecule has 0 aromatic rings. The molecule has 0 saturated heterocycles. The number of aliphatic hydroxyl groups is 2. The van der Waals surface area contributed by atoms with E-state index in [1.165, 1.54) is 19.1 Å². The maximum absolute atomic E-state index is 17.6. The van der Waals surface area contributed by atoms with Gasteiger partial charge in [-0.2, -0.15) is 0 Å². The van der Waals surface area contributed by atoms with Gasteiger partial charge in [0.2, 0.25) is 0 Å². The Morgan fingerprint density at radius 3 is 2.52 bits per heavy atom. The molecule has 4 aliphatic rings. The molecule has 0 radical (unpaired) electrons. The number of ketones is 2. The number of fused-ring (bicyclic) bond motifs is 5. The van der Waals surface area contributed by atoms with Crippen LogP contribution in [0, 0.1) is 28.6 Å². The number of aliphatic hydroxyl groups excluding tert-OH is 1. The van der Waals surface area contributed by atoms with Crippen LogP contribution in [0.2, 0.25) is 0 Å². The number of hydrogen-bond donors (Lipinski definition) is 2. The molecule has 6 nitrogen and oxygen atoms in total. The van der Waals surface area contributed by atoms with Crippen LogP contribution < -0.4 is 0 Å². The number of halogens is 2. The Balaban J connectivity index is 1.92. The molecule has 8 heteroatoms. The number of ether oxygens (including phenoxy) is 1. The van der Waals surface area contributed by atoms with E-state index in [1.807, 2.05) is 0 Å². The lowest BCUT2D eigenvalue weighted by molar-refractivity contribution is -0.233. The molecule has 0 heterocycles. The van der Waals surface area contributed by atoms with Gasteiger partial charge in [0.15, 0.2) is 17.2 Å². The molecule has 9 atom stereocenters. The molecule has 0 aromatic heterocycles. The summed E-state index contributed by atoms with van der Waals surface area (Å²) in [6, 6.07) is 0. The summed E-state index contributed by atoms with van der Waals surface area (Å²) in [6.07, 6.45) is 0.592. The molecule has 0 bridgehead atoms. The number of alkyl halides is 2. The van der Waals surface area contributed by atoms with Crippen LogP contribution in [0.25, 0.3) is 0 Å². The van der Waals surface area contributed by atoms with Crippen molar-refractivity contribution in [1.82, 2.24) is 0 Å². The third-order valence-corrected chi connectivity index (χ3v) is 9.32. The first-order valence-corrected chi connectivity index (χ1v) is 11.7. The maximum Gasteiger partial charge on any atom is 0.305 e. The zero-order valence-corrected chi connectivity index (χ0v) is 19.4. The number of esters is 1. The van der Waals surface area contributed by atoms with E-state index >= 15 is 8.78 Å². The van der Waals surface area contributed by atoms with Gasteiger partial charge >= 0.3 is 5.97 Å². The largest absolute Gasteiger partial charge is 0.459 e. The zero-order chi connectivity index (χ0) is 24.6. The fraction of sp³-hybridized carbons (Fsp3) is 0.720. The van der Waals surface area contributed by atoms with E-state index < -0.39 is 76.3 Å². The van der Waals surface area contributed by atoms with E-state index in [2.05, 4.69) is 0 Å². The third-order valence-electron chi connectivity index (χ3n) is 9.32. The number of carbonyl (C=O) groups is 3. The topological polar surface area (TPSA) is 101 Å². The van der Waals surface area contributed by atoms with Crippen LogP contribution in [0.5, 0.6) is 0 Å². The molecule has 3 saturated carbocycles. The highest BCUT2D eigenvalue weighted by Gasteiger charge is 2.77. The molecule has 0 spiro atoms. The van der Waals surface area contributed by atoms with Crippen molar-refractivity contribution in [2.45, 2.75) is 76.9 Å². The van der Waals surface area contributed by atoms with Crippen LogP contribution in [-0.2, 0) is 19.1 Å². The van der Waals surface area contributed by atoms with Crippen molar-refractivity contribution < 1.29 is 38.1 Å². The lowest BCUT2D eigenvalue weighted by Gasteiger charge is -2.63. The van der Waals surface area contributed by atoms with Gasteiger partial charge in [0.25, 0.3) is 0 Å². The minimum absolute atomic E-state index is 0.00684. The molecule has 33 heavy (non-hydrogen) atoms. The summed E-state index contributed by atoms with van der Waals surface area (Å²) in [6.45, 7) is 5.55. The van der Waals surface area contributed by atoms with Crippen LogP contribution in [-0.4, -0.2) is 57.9 Å². The Hall–Kier alpha value is -1.93. The van der Waals surface area contributed by atoms with E-state index in [9.17, 15) is 24.6 Å². The molecule has 4 aliphatic carbocycles. The first-order chi connectivity index (χ1) is 15.3. The minimum atomic E-state index is -2.25. The number of hydrogen-bond acceptors (Lipinski definition) is 6. The van der Waals surface area contributed by atoms with Crippen LogP contribution in [0.1, 0.15) is 53.4 Å². The molecule has 0 unspecified atom stereocenters. The summed E-state index contributed by atoms with van der Waals surface area (Å²) in [7, 11) is 0. The summed E-state index contributed by atoms with van der Waals surface area (Å²) in [5.41, 5.74) is -6.96. The lowest BCUT2D eigenvalue weighted by Crippen LogP contribution is -2.71. The van der Waals surface area contributed by atoms with Gasteiger partial charge in [-0.05, 0) is 55.7 Å². The van der Waals surface area contributed by atoms with Crippen molar-refractivity contribution in [3.63, 3.8) is 0 Å². The van der Waals surface area contributed by atoms with Gasteiger partial charge in [0.05, 0.1) is 0 Å². The first-order valence-electron chi connectivity index (χ1n) is 11.7. The Kier molecular flexibility index (Phi) is 5.53. The van der Waals surface area contributed by atoms with E-state index in [1.54, 1.807) is 20.8 Å². The molecule has 0 aliphatic heterocycles. The van der Waals surface area contributed by atoms with Gasteiger partial charge in [0, 0.05) is 23.2 Å². The quantitative estimate of drug-likeness (QED) is 0.618. The van der Waals surface area contributed by atoms with Crippen LogP contribution in [0.15, 0.2) is 23.8 Å². The molecule has 2 N–H and O–H groups in total. The van der Waals surface area contributed by atoms with Gasteiger partial charge in [-0.1, -0.05) is 26.8 Å². The number of allylic oxidation sites excluding steroid dienone is 4. The van der Waals surface area contributed by atoms with E-state index in [-0.39, 0.29) is 31.3 Å². The molecular weight excluding hydrogens is 434 g/mol. The number of Topliss-reactive ketones (excluding diaryl/α,β-unsaturated/α-hetero) is 1. The lowest BCUT2D eigenvalue weighted by atomic mass is 9.44. The van der Waals surface area contributed by atoms with Crippen molar-refractivity contribution >= 4 is 17.5 Å². The summed E-state index contributed by atoms with van der Waals surface area (Å²) in [4.78, 5) is 37.2. The standard InChI is InChI=1S/C25H32F2O6/c1-5-21(31)33-20-11-23(4)15(8-13(2)25(23,32)19(30)12-28)16-10-18(26)17-9-14(29)6-7-22(17,3)24(16,20)27/h6-7,9,13,15-16,18,20,28,32H,5,8,10-12H2,1-4H3/t13-,15+,16+,18+,20+,22+,23+,24+,25+/m1/s1. The second kappa shape index (κ2) is 7.54. The summed E-state index contributed by atoms with van der Waals surface area (Å²) < 4.78 is 38.8. The van der Waals surface area contributed by atoms with Gasteiger partial charge in [-0.3, -0.25) is 14.4 Å². The fourth-order valence-electron chi connectivity index (χ4n) is 7.59. The Morgan fingerprint density at radius 2 is 1.91 bits per heavy atom. The summed E-state index contributed by atoms with van der Waals surface area (Å²) >= 11 is 0. The average Bonchev–Trinajstić information content (AvgIpc) is 2.97. The smallest absolute Gasteiger partial charge is 0.305 e. The average molecular weight is 467 g/mol. The van der Waals surface area contributed by atoms with Crippen molar-refractivity contribution in [3.8, 4) is 0 Å². The Bertz CT molecular complexity index is 961. The van der Waals surface area contributed by atoms with Gasteiger partial charge in [-0.15, -0.1) is 0 Å². The molecule has 3 fully saturated rings. The predicted octanol–water partition coefficient (Wildman–Crippen LogP) is 2.80. The van der Waals surface area contributed by atoms with Gasteiger partial charge in [-0.25, -0.2) is 8.78 Å². The summed E-state index contributed by atoms with van der Waals surface area (Å²) in [5, 5.41) is 21.2. The van der Waals surface area contributed by atoms with Crippen molar-refractivity contribution in [1.29, 1.82) is 0 Å². The predicted molar refractivity (Wildman–Crippen MR) is 114 cm³/mol. The van der Waals surface area contributed by atoms with E-state index in [0.717, 1.165) is 6.08 Å². The highest BCUT2D eigenvalue weighted by molar-refractivity contribution is 6.01. The van der Waals surface area contributed by atoms with Crippen LogP contribution in [0.3, 0.4) is 0 Å². The molecule has 4 rings (SSSR count). The number of carbonyl (C=O) groups excluding carboxylic acids is 3. The van der Waals surface area contributed by atoms with Gasteiger partial charge in [0.1, 0.15) is 24.5 Å². The minimum Gasteiger partial charge on any atom is -0.459 e. The first kappa shape index (κ1) is 24.2. The van der Waals surface area contributed by atoms with E-state index in [0.29, 0.717) is 0 Å². The second-order valence-corrected chi connectivity index (χ2v) is 10.7. The highest BCUT2D eigenvalue weighted by atomic mass is 19.1. The third kappa shape index (κ3) is 2.86. The van der Waals surface area contributed by atoms with Crippen molar-refractivity contribution in [2.24, 2.45) is 28.6 Å². The molecule has 0 aromatic carbocycles. The SMILES string of the molecule is CCC(=O)O[C@H]1C[C@@]2(C)[C@@H](C[C@@H](C)[C@]2(O)C(=O)CO)[C@@H]2C[C@H](F)C3=CC(=O)C=C[C@]3(C)[C@@]12F. The molecular formula is C25H32F2O6. The zero-order valence-electron chi connectivity index (χ0n) is 19.4. The Morgan fingerprint density at radius 1 is 1.24 bits per heavy atom. The maximum atomic E-state index is 17.6. The van der Waals surface area contributed by atoms with Crippen LogP contribution >= 0.6 is 0 Å². The Labute approximate surface area is 192 Å². The second-order valence-electron chi connectivity index (χ2n) is 10.7. The van der Waals surface area contributed by atoms with E-state index in [4.69, 9.17) is 4.74 Å². The summed E-state index contributed by atoms with van der Waals surface area (Å²) in [5.74, 6) is -4.03. The van der Waals surface area contributed by atoms with Crippen LogP contribution in [0.4, 0.5) is 8.78 Å². The van der Waals surface area contributed by atoms with Crippen molar-refractivity contribution in [2.75, 3.05) is 6.61 Å².